The van der Waals surface area contributed by atoms with Gasteiger partial charge in [0.15, 0.2) is 0 Å². The maximum Gasteiger partial charge on any atom is 0.301 e. The van der Waals surface area contributed by atoms with Gasteiger partial charge in [-0.1, -0.05) is 0 Å². The first-order valence-electron chi connectivity index (χ1n) is 11.9. The minimum Gasteiger partial charge on any atom is -0.432 e. The zero-order valence-electron chi connectivity index (χ0n) is 19.4. The molecule has 1 amide bonds. The van der Waals surface area contributed by atoms with Crippen molar-refractivity contribution < 1.29 is 17.6 Å². The molecule has 1 saturated heterocycles. The maximum absolute atomic E-state index is 14.1. The van der Waals surface area contributed by atoms with Gasteiger partial charge in [0.05, 0.1) is 34.5 Å². The van der Waals surface area contributed by atoms with E-state index in [1.165, 1.54) is 24.6 Å². The van der Waals surface area contributed by atoms with E-state index >= 15 is 0 Å². The van der Waals surface area contributed by atoms with Crippen LogP contribution in [-0.2, 0) is 15.4 Å². The van der Waals surface area contributed by atoms with Gasteiger partial charge in [-0.3, -0.25) is 14.4 Å². The Morgan fingerprint density at radius 1 is 1.17 bits per heavy atom. The van der Waals surface area contributed by atoms with E-state index in [0.717, 1.165) is 42.8 Å². The molecule has 1 aliphatic carbocycles. The lowest BCUT2D eigenvalue weighted by Crippen LogP contribution is -2.50. The van der Waals surface area contributed by atoms with Crippen LogP contribution in [0, 0.1) is 17.2 Å². The summed E-state index contributed by atoms with van der Waals surface area (Å²) in [6.07, 6.45) is 6.54. The molecule has 1 aromatic heterocycles. The highest BCUT2D eigenvalue weighted by Crippen LogP contribution is 2.59. The highest BCUT2D eigenvalue weighted by Gasteiger charge is 2.59. The standard InChI is InChI=1S/C26H24N4O4S2/c27-16-17-1-6-20(7-2-17)36(32,33)30-22-8-5-19(24(31)29-25-28-11-12-34-25)15-21(22)26(9-13-35-14-10-26)23(30)18-3-4-18/h1-2,5-8,11-12,15,18,23H,3-4,9-10,13-14H2,(H,28,29,31). The summed E-state index contributed by atoms with van der Waals surface area (Å²) in [6.45, 7) is 0. The van der Waals surface area contributed by atoms with Crippen LogP contribution in [-0.4, -0.2) is 36.9 Å². The fourth-order valence-corrected chi connectivity index (χ4v) is 8.73. The van der Waals surface area contributed by atoms with E-state index in [1.54, 1.807) is 28.6 Å². The van der Waals surface area contributed by atoms with Crippen molar-refractivity contribution in [3.05, 3.63) is 71.6 Å². The molecule has 3 aromatic rings. The van der Waals surface area contributed by atoms with Crippen LogP contribution in [0.4, 0.5) is 11.7 Å². The minimum atomic E-state index is -3.89. The second-order valence-electron chi connectivity index (χ2n) is 9.51. The summed E-state index contributed by atoms with van der Waals surface area (Å²) in [6, 6.07) is 13.4. The number of fused-ring (bicyclic) bond motifs is 2. The molecule has 3 aliphatic rings. The van der Waals surface area contributed by atoms with Crippen molar-refractivity contribution in [1.82, 2.24) is 4.98 Å². The third-order valence-electron chi connectivity index (χ3n) is 7.50. The average Bonchev–Trinajstić information content (AvgIpc) is 3.54. The third kappa shape index (κ3) is 3.69. The van der Waals surface area contributed by atoms with E-state index in [1.807, 2.05) is 23.9 Å². The van der Waals surface area contributed by atoms with Gasteiger partial charge in [-0.2, -0.15) is 17.0 Å². The number of anilines is 2. The summed E-state index contributed by atoms with van der Waals surface area (Å²) in [7, 11) is -3.89. The van der Waals surface area contributed by atoms with E-state index in [4.69, 9.17) is 9.68 Å². The highest BCUT2D eigenvalue weighted by molar-refractivity contribution is 7.99. The number of rotatable bonds is 5. The number of nitrogens with one attached hydrogen (secondary N) is 1. The Morgan fingerprint density at radius 2 is 1.92 bits per heavy atom. The number of nitrogens with zero attached hydrogens (tertiary/aromatic N) is 3. The molecule has 36 heavy (non-hydrogen) atoms. The van der Waals surface area contributed by atoms with Crippen molar-refractivity contribution >= 4 is 39.4 Å². The molecule has 8 nitrogen and oxygen atoms in total. The maximum atomic E-state index is 14.1. The van der Waals surface area contributed by atoms with Crippen LogP contribution in [0.25, 0.3) is 0 Å². The monoisotopic (exact) mass is 520 g/mol. The number of hydrogen-bond acceptors (Lipinski definition) is 7. The van der Waals surface area contributed by atoms with E-state index < -0.39 is 10.0 Å². The van der Waals surface area contributed by atoms with E-state index in [9.17, 15) is 13.2 Å². The molecule has 1 atom stereocenters. The Bertz CT molecular complexity index is 1450. The molecule has 0 radical (unpaired) electrons. The minimum absolute atomic E-state index is 0.116. The Morgan fingerprint density at radius 3 is 2.56 bits per heavy atom. The number of nitriles is 1. The quantitative estimate of drug-likeness (QED) is 0.525. The first-order valence-corrected chi connectivity index (χ1v) is 14.5. The summed E-state index contributed by atoms with van der Waals surface area (Å²) < 4.78 is 35.1. The second-order valence-corrected chi connectivity index (χ2v) is 12.6. The number of carbonyl (C=O) groups is 1. The molecule has 1 N–H and O–H groups in total. The smallest absolute Gasteiger partial charge is 0.301 e. The van der Waals surface area contributed by atoms with Crippen molar-refractivity contribution in [2.75, 3.05) is 21.1 Å². The molecular weight excluding hydrogens is 496 g/mol. The van der Waals surface area contributed by atoms with Crippen LogP contribution in [0.15, 0.2) is 64.2 Å². The van der Waals surface area contributed by atoms with Gasteiger partial charge in [0.2, 0.25) is 0 Å². The molecule has 6 rings (SSSR count). The summed E-state index contributed by atoms with van der Waals surface area (Å²) >= 11 is 1.89. The third-order valence-corrected chi connectivity index (χ3v) is 10.3. The lowest BCUT2D eigenvalue weighted by molar-refractivity contribution is 0.102. The van der Waals surface area contributed by atoms with Crippen molar-refractivity contribution in [2.45, 2.75) is 42.0 Å². The molecule has 2 aliphatic heterocycles. The lowest BCUT2D eigenvalue weighted by atomic mass is 9.70. The highest BCUT2D eigenvalue weighted by atomic mass is 32.2. The van der Waals surface area contributed by atoms with Crippen LogP contribution in [0.5, 0.6) is 0 Å². The number of carbonyl (C=O) groups excluding carboxylic acids is 1. The number of thioether (sulfide) groups is 1. The van der Waals surface area contributed by atoms with Gasteiger partial charge >= 0.3 is 6.01 Å². The molecule has 2 fully saturated rings. The number of benzene rings is 2. The Hall–Kier alpha value is -3.29. The van der Waals surface area contributed by atoms with Crippen LogP contribution < -0.4 is 9.62 Å². The summed E-state index contributed by atoms with van der Waals surface area (Å²) in [5.74, 6) is 1.82. The van der Waals surface area contributed by atoms with Gasteiger partial charge in [-0.25, -0.2) is 13.4 Å². The van der Waals surface area contributed by atoms with Crippen molar-refractivity contribution in [3.8, 4) is 6.07 Å². The fraction of sp³-hybridized carbons (Fsp3) is 0.346. The molecule has 0 bridgehead atoms. The van der Waals surface area contributed by atoms with Gasteiger partial charge in [0, 0.05) is 11.0 Å². The second kappa shape index (κ2) is 8.68. The first kappa shape index (κ1) is 23.1. The van der Waals surface area contributed by atoms with E-state index in [2.05, 4.69) is 10.3 Å². The molecule has 3 heterocycles. The van der Waals surface area contributed by atoms with Gasteiger partial charge in [-0.15, -0.1) is 0 Å². The predicted molar refractivity (Wildman–Crippen MR) is 136 cm³/mol. The molecule has 184 valence electrons. The summed E-state index contributed by atoms with van der Waals surface area (Å²) in [5.41, 5.74) is 2.09. The lowest BCUT2D eigenvalue weighted by Gasteiger charge is -2.41. The fourth-order valence-electron chi connectivity index (χ4n) is 5.71. The SMILES string of the molecule is N#Cc1ccc(S(=O)(=O)N2c3ccc(C(=O)Nc4ncco4)cc3C3(CCSCC3)C2C2CC2)cc1. The van der Waals surface area contributed by atoms with Crippen LogP contribution in [0.1, 0.15) is 47.2 Å². The number of amides is 1. The summed E-state index contributed by atoms with van der Waals surface area (Å²) in [5, 5.41) is 11.8. The largest absolute Gasteiger partial charge is 0.432 e. The molecule has 1 unspecified atom stereocenters. The van der Waals surface area contributed by atoms with E-state index in [-0.39, 0.29) is 34.2 Å². The Kier molecular flexibility index (Phi) is 5.57. The van der Waals surface area contributed by atoms with Crippen molar-refractivity contribution in [3.63, 3.8) is 0 Å². The van der Waals surface area contributed by atoms with Crippen molar-refractivity contribution in [2.24, 2.45) is 5.92 Å². The Labute approximate surface area is 213 Å². The zero-order chi connectivity index (χ0) is 24.9. The molecule has 1 saturated carbocycles. The van der Waals surface area contributed by atoms with E-state index in [0.29, 0.717) is 16.8 Å². The zero-order valence-corrected chi connectivity index (χ0v) is 21.0. The number of hydrogen-bond donors (Lipinski definition) is 1. The number of sulfonamides is 1. The van der Waals surface area contributed by atoms with Gasteiger partial charge in [-0.05, 0) is 91.1 Å². The normalized spacial score (nSPS) is 20.6. The van der Waals surface area contributed by atoms with Gasteiger partial charge in [0.1, 0.15) is 6.26 Å². The van der Waals surface area contributed by atoms with Crippen molar-refractivity contribution in [1.29, 1.82) is 5.26 Å². The number of aromatic nitrogens is 1. The molecule has 1 spiro atoms. The van der Waals surface area contributed by atoms with Crippen LogP contribution in [0.3, 0.4) is 0 Å². The molecule has 10 heteroatoms. The number of oxazole rings is 1. The molecular formula is C26H24N4O4S2. The Balaban J connectivity index is 1.48. The average molecular weight is 521 g/mol. The topological polar surface area (TPSA) is 116 Å². The van der Waals surface area contributed by atoms with Crippen LogP contribution >= 0.6 is 11.8 Å². The van der Waals surface area contributed by atoms with Gasteiger partial charge < -0.3 is 4.42 Å². The summed E-state index contributed by atoms with van der Waals surface area (Å²) in [4.78, 5) is 17.1. The van der Waals surface area contributed by atoms with Crippen LogP contribution in [0.2, 0.25) is 0 Å². The molecule has 2 aromatic carbocycles. The first-order chi connectivity index (χ1) is 17.4. The van der Waals surface area contributed by atoms with Gasteiger partial charge in [0.25, 0.3) is 15.9 Å². The predicted octanol–water partition coefficient (Wildman–Crippen LogP) is 4.55.